The molecule has 33 heavy (non-hydrogen) atoms. The van der Waals surface area contributed by atoms with E-state index < -0.39 is 19.3 Å². The Morgan fingerprint density at radius 3 is 2.36 bits per heavy atom. The summed E-state index contributed by atoms with van der Waals surface area (Å²) in [6, 6.07) is 16.1. The van der Waals surface area contributed by atoms with E-state index in [1.165, 1.54) is 0 Å². The van der Waals surface area contributed by atoms with Gasteiger partial charge in [-0.2, -0.15) is 0 Å². The minimum atomic E-state index is -1.94. The number of rotatable bonds is 7. The highest BCUT2D eigenvalue weighted by molar-refractivity contribution is 7.37. The summed E-state index contributed by atoms with van der Waals surface area (Å²) in [5.74, 6) is -0.346. The first-order valence-electron chi connectivity index (χ1n) is 10.1. The lowest BCUT2D eigenvalue weighted by Crippen LogP contribution is -2.27. The highest BCUT2D eigenvalue weighted by atomic mass is 32.1. The van der Waals surface area contributed by atoms with Gasteiger partial charge in [-0.1, -0.05) is 24.3 Å². The van der Waals surface area contributed by atoms with Gasteiger partial charge in [-0.25, -0.2) is 4.79 Å². The van der Waals surface area contributed by atoms with E-state index in [0.717, 1.165) is 16.0 Å². The number of hydrogen-bond acceptors (Lipinski definition) is 6. The van der Waals surface area contributed by atoms with Crippen LogP contribution < -0.4 is 10.6 Å². The van der Waals surface area contributed by atoms with Crippen molar-refractivity contribution < 1.29 is 23.4 Å². The Labute approximate surface area is 197 Å². The molecule has 0 bridgehead atoms. The van der Waals surface area contributed by atoms with Crippen LogP contribution in [-0.4, -0.2) is 23.9 Å². The van der Waals surface area contributed by atoms with Gasteiger partial charge in [-0.15, -0.1) is 11.3 Å². The van der Waals surface area contributed by atoms with Gasteiger partial charge in [0.05, 0.1) is 18.0 Å². The van der Waals surface area contributed by atoms with Crippen LogP contribution in [-0.2, 0) is 20.4 Å². The van der Waals surface area contributed by atoms with Crippen molar-refractivity contribution in [2.24, 2.45) is 0 Å². The van der Waals surface area contributed by atoms with Crippen molar-refractivity contribution in [1.82, 2.24) is 0 Å². The lowest BCUT2D eigenvalue weighted by molar-refractivity contribution is 0.0635. The van der Waals surface area contributed by atoms with Gasteiger partial charge in [0.25, 0.3) is 5.91 Å². The van der Waals surface area contributed by atoms with E-state index in [1.54, 1.807) is 62.4 Å². The molecule has 0 spiro atoms. The van der Waals surface area contributed by atoms with E-state index in [-0.39, 0.29) is 12.5 Å². The number of benzene rings is 2. The highest BCUT2D eigenvalue weighted by Gasteiger charge is 2.18. The molecule has 0 aliphatic heterocycles. The van der Waals surface area contributed by atoms with E-state index in [0.29, 0.717) is 16.9 Å². The molecule has 0 saturated heterocycles. The van der Waals surface area contributed by atoms with Crippen LogP contribution in [0.15, 0.2) is 60.0 Å². The summed E-state index contributed by atoms with van der Waals surface area (Å²) in [6.45, 7) is 5.48. The second-order valence-electron chi connectivity index (χ2n) is 8.12. The quantitative estimate of drug-likeness (QED) is 0.364. The predicted octanol–water partition coefficient (Wildman–Crippen LogP) is 6.71. The topological polar surface area (TPSA) is 93.7 Å². The van der Waals surface area contributed by atoms with Crippen LogP contribution in [0.5, 0.6) is 0 Å². The first-order chi connectivity index (χ1) is 15.6. The summed E-state index contributed by atoms with van der Waals surface area (Å²) in [6.07, 6.45) is 2.69. The lowest BCUT2D eigenvalue weighted by atomic mass is 10.1. The summed E-state index contributed by atoms with van der Waals surface area (Å²) >= 11 is 1.57. The molecule has 7 nitrogen and oxygen atoms in total. The van der Waals surface area contributed by atoms with Crippen molar-refractivity contribution in [3.8, 4) is 10.4 Å². The van der Waals surface area contributed by atoms with Crippen LogP contribution in [0.2, 0.25) is 0 Å². The first kappa shape index (κ1) is 24.5. The summed E-state index contributed by atoms with van der Waals surface area (Å²) in [5.41, 5.74) is 2.30. The summed E-state index contributed by atoms with van der Waals surface area (Å²) in [5, 5.41) is 7.55. The fourth-order valence-corrected chi connectivity index (χ4v) is 3.88. The molecule has 3 aromatic rings. The van der Waals surface area contributed by atoms with Gasteiger partial charge < -0.3 is 10.1 Å². The summed E-state index contributed by atoms with van der Waals surface area (Å²) in [4.78, 5) is 26.3. The molecule has 1 heterocycles. The number of amides is 2. The molecule has 2 aromatic carbocycles. The minimum absolute atomic E-state index is 0.146. The maximum atomic E-state index is 12.9. The van der Waals surface area contributed by atoms with Crippen molar-refractivity contribution in [3.05, 3.63) is 71.1 Å². The van der Waals surface area contributed by atoms with Gasteiger partial charge in [-0.3, -0.25) is 19.2 Å². The first-order valence-corrected chi connectivity index (χ1v) is 12.3. The van der Waals surface area contributed by atoms with Gasteiger partial charge in [0.2, 0.25) is 7.65 Å². The molecule has 1 atom stereocenters. The Bertz CT molecular complexity index is 1190. The average Bonchev–Trinajstić information content (AvgIpc) is 3.27. The standard InChI is InChI=1S/C24H25N2O5PS/c1-24(2,3)31-23(28)26-19-12-11-18(21-6-5-13-33-21)14-20(19)25-22(27)17-9-7-16(8-10-17)15-30-32(4)29/h5-14H,4,15H2,1-3H3,(H,25,27)(H,26,28). The third-order valence-corrected chi connectivity index (χ3v) is 5.64. The highest BCUT2D eigenvalue weighted by Crippen LogP contribution is 2.32. The number of anilines is 2. The monoisotopic (exact) mass is 484 g/mol. The van der Waals surface area contributed by atoms with Crippen LogP contribution in [0.1, 0.15) is 36.7 Å². The van der Waals surface area contributed by atoms with E-state index in [9.17, 15) is 14.2 Å². The van der Waals surface area contributed by atoms with Crippen molar-refractivity contribution in [3.63, 3.8) is 0 Å². The summed E-state index contributed by atoms with van der Waals surface area (Å²) in [7, 11) is -1.94. The van der Waals surface area contributed by atoms with Crippen molar-refractivity contribution in [2.45, 2.75) is 33.0 Å². The molecule has 1 aromatic heterocycles. The zero-order valence-corrected chi connectivity index (χ0v) is 20.3. The zero-order valence-electron chi connectivity index (χ0n) is 18.6. The van der Waals surface area contributed by atoms with E-state index in [4.69, 9.17) is 9.26 Å². The third-order valence-electron chi connectivity index (χ3n) is 4.30. The van der Waals surface area contributed by atoms with Crippen molar-refractivity contribution in [1.29, 1.82) is 0 Å². The maximum Gasteiger partial charge on any atom is 0.412 e. The Morgan fingerprint density at radius 2 is 1.76 bits per heavy atom. The second kappa shape index (κ2) is 10.6. The number of nitrogens with one attached hydrogen (secondary N) is 2. The molecule has 0 saturated carbocycles. The molecule has 0 fully saturated rings. The molecule has 9 heteroatoms. The van der Waals surface area contributed by atoms with Crippen LogP contribution in [0.25, 0.3) is 10.4 Å². The van der Waals surface area contributed by atoms with Gasteiger partial charge in [-0.05, 0) is 73.9 Å². The van der Waals surface area contributed by atoms with E-state index >= 15 is 0 Å². The number of carbonyl (C=O) groups is 2. The van der Waals surface area contributed by atoms with Gasteiger partial charge in [0, 0.05) is 10.4 Å². The molecule has 2 N–H and O–H groups in total. The normalized spacial score (nSPS) is 11.5. The molecule has 2 amide bonds. The largest absolute Gasteiger partial charge is 0.444 e. The Hall–Kier alpha value is -3.19. The Kier molecular flexibility index (Phi) is 7.87. The van der Waals surface area contributed by atoms with Crippen molar-refractivity contribution >= 4 is 48.7 Å². The zero-order chi connectivity index (χ0) is 24.0. The molecule has 1 unspecified atom stereocenters. The lowest BCUT2D eigenvalue weighted by Gasteiger charge is -2.21. The smallest absolute Gasteiger partial charge is 0.412 e. The third kappa shape index (κ3) is 7.43. The molecule has 0 radical (unpaired) electrons. The number of ether oxygens (including phenoxy) is 1. The molecule has 172 valence electrons. The van der Waals surface area contributed by atoms with E-state index in [1.807, 2.05) is 29.6 Å². The average molecular weight is 485 g/mol. The summed E-state index contributed by atoms with van der Waals surface area (Å²) < 4.78 is 21.4. The Balaban J connectivity index is 1.83. The number of thiophene rings is 1. The molecule has 0 aliphatic carbocycles. The number of hydrogen-bond donors (Lipinski definition) is 2. The van der Waals surface area contributed by atoms with Crippen molar-refractivity contribution in [2.75, 3.05) is 10.6 Å². The van der Waals surface area contributed by atoms with E-state index in [2.05, 4.69) is 16.9 Å². The molecule has 3 rings (SSSR count). The maximum absolute atomic E-state index is 12.9. The molecular weight excluding hydrogens is 459 g/mol. The SMILES string of the molecule is C=P(=O)OCc1ccc(C(=O)Nc2cc(-c3cccs3)ccc2NC(=O)OC(C)(C)C)cc1. The fourth-order valence-electron chi connectivity index (χ4n) is 2.86. The predicted molar refractivity (Wildman–Crippen MR) is 134 cm³/mol. The number of carbonyl (C=O) groups excluding carboxylic acids is 2. The second-order valence-corrected chi connectivity index (χ2v) is 9.99. The van der Waals surface area contributed by atoms with Gasteiger partial charge in [0.15, 0.2) is 0 Å². The molecule has 0 aliphatic rings. The van der Waals surface area contributed by atoms with Gasteiger partial charge >= 0.3 is 6.09 Å². The van der Waals surface area contributed by atoms with Crippen LogP contribution in [0.3, 0.4) is 0 Å². The molecular formula is C24H25N2O5PS. The fraction of sp³-hybridized carbons (Fsp3) is 0.208. The van der Waals surface area contributed by atoms with Gasteiger partial charge in [0.1, 0.15) is 5.60 Å². The minimum Gasteiger partial charge on any atom is -0.444 e. The van der Waals surface area contributed by atoms with Crippen LogP contribution in [0, 0.1) is 0 Å². The van der Waals surface area contributed by atoms with Crippen LogP contribution in [0.4, 0.5) is 16.2 Å². The Morgan fingerprint density at radius 1 is 1.03 bits per heavy atom. The van der Waals surface area contributed by atoms with Crippen LogP contribution >= 0.6 is 19.0 Å².